The number of rotatable bonds is 4. The van der Waals surface area contributed by atoms with Gasteiger partial charge in [0.1, 0.15) is 5.82 Å². The fraction of sp³-hybridized carbons (Fsp3) is 0.429. The molecule has 17 heavy (non-hydrogen) atoms. The Labute approximate surface area is 106 Å². The largest absolute Gasteiger partial charge is 0.386 e. The van der Waals surface area contributed by atoms with E-state index in [4.69, 9.17) is 0 Å². The van der Waals surface area contributed by atoms with Gasteiger partial charge in [0, 0.05) is 21.9 Å². The summed E-state index contributed by atoms with van der Waals surface area (Å²) in [6, 6.07) is 7.34. The number of hydrogen-bond donors (Lipinski definition) is 1. The minimum atomic E-state index is -0.164. The van der Waals surface area contributed by atoms with Gasteiger partial charge < -0.3 is 5.32 Å². The Bertz CT molecular complexity index is 388. The molecule has 0 spiro atoms. The van der Waals surface area contributed by atoms with Gasteiger partial charge >= 0.3 is 0 Å². The quantitative estimate of drug-likeness (QED) is 0.869. The maximum atomic E-state index is 12.8. The van der Waals surface area contributed by atoms with E-state index in [1.807, 2.05) is 30.8 Å². The lowest BCUT2D eigenvalue weighted by Crippen LogP contribution is -2.24. The third-order valence-electron chi connectivity index (χ3n) is 2.95. The predicted molar refractivity (Wildman–Crippen MR) is 71.6 cm³/mol. The molecule has 2 rings (SSSR count). The molecule has 1 N–H and O–H groups in total. The topological polar surface area (TPSA) is 12.0 Å². The van der Waals surface area contributed by atoms with Gasteiger partial charge in [-0.25, -0.2) is 4.39 Å². The minimum absolute atomic E-state index is 0.164. The van der Waals surface area contributed by atoms with Crippen LogP contribution in [0.5, 0.6) is 0 Å². The van der Waals surface area contributed by atoms with Crippen LogP contribution in [-0.2, 0) is 0 Å². The molecule has 1 aromatic rings. The van der Waals surface area contributed by atoms with Gasteiger partial charge in [-0.1, -0.05) is 6.58 Å². The molecule has 0 aliphatic heterocycles. The zero-order valence-corrected chi connectivity index (χ0v) is 10.9. The van der Waals surface area contributed by atoms with Crippen LogP contribution < -0.4 is 5.32 Å². The standard InChI is InChI=1S/C14H18FNS/c1-10(2)16-12-5-8-14(9-12)17-13-6-3-11(15)4-7-13/h3-4,6-7,12,14,16H,1,5,8-9H2,2H3. The average Bonchev–Trinajstić information content (AvgIpc) is 2.68. The SMILES string of the molecule is C=C(C)NC1CCC(Sc2ccc(F)cc2)C1. The first kappa shape index (κ1) is 12.5. The maximum absolute atomic E-state index is 12.8. The van der Waals surface area contributed by atoms with Crippen LogP contribution >= 0.6 is 11.8 Å². The molecule has 0 saturated heterocycles. The van der Waals surface area contributed by atoms with Crippen LogP contribution in [0, 0.1) is 5.82 Å². The zero-order chi connectivity index (χ0) is 12.3. The fourth-order valence-corrected chi connectivity index (χ4v) is 3.49. The molecule has 0 aromatic heterocycles. The zero-order valence-electron chi connectivity index (χ0n) is 10.1. The summed E-state index contributed by atoms with van der Waals surface area (Å²) in [5, 5.41) is 4.04. The third-order valence-corrected chi connectivity index (χ3v) is 4.26. The highest BCUT2D eigenvalue weighted by Crippen LogP contribution is 2.35. The van der Waals surface area contributed by atoms with Crippen molar-refractivity contribution in [1.29, 1.82) is 0 Å². The van der Waals surface area contributed by atoms with E-state index in [0.29, 0.717) is 11.3 Å². The number of allylic oxidation sites excluding steroid dienone is 1. The number of thioether (sulfide) groups is 1. The molecular formula is C14H18FNS. The van der Waals surface area contributed by atoms with Crippen molar-refractivity contribution in [2.45, 2.75) is 42.4 Å². The van der Waals surface area contributed by atoms with Crippen molar-refractivity contribution in [3.63, 3.8) is 0 Å². The molecular weight excluding hydrogens is 233 g/mol. The van der Waals surface area contributed by atoms with Crippen molar-refractivity contribution < 1.29 is 4.39 Å². The Morgan fingerprint density at radius 2 is 2.06 bits per heavy atom. The van der Waals surface area contributed by atoms with Crippen LogP contribution in [0.15, 0.2) is 41.4 Å². The van der Waals surface area contributed by atoms with E-state index in [-0.39, 0.29) is 5.82 Å². The van der Waals surface area contributed by atoms with Gasteiger partial charge in [0.05, 0.1) is 0 Å². The van der Waals surface area contributed by atoms with Crippen LogP contribution in [0.4, 0.5) is 4.39 Å². The van der Waals surface area contributed by atoms with E-state index < -0.39 is 0 Å². The first-order valence-electron chi connectivity index (χ1n) is 5.98. The molecule has 1 fully saturated rings. The molecule has 1 saturated carbocycles. The molecule has 0 amide bonds. The highest BCUT2D eigenvalue weighted by molar-refractivity contribution is 8.00. The summed E-state index contributed by atoms with van der Waals surface area (Å²) in [5.74, 6) is -0.164. The highest BCUT2D eigenvalue weighted by atomic mass is 32.2. The number of nitrogens with one attached hydrogen (secondary N) is 1. The summed E-state index contributed by atoms with van der Waals surface area (Å²) in [4.78, 5) is 1.16. The van der Waals surface area contributed by atoms with Crippen molar-refractivity contribution in [3.8, 4) is 0 Å². The number of benzene rings is 1. The molecule has 92 valence electrons. The molecule has 3 heteroatoms. The van der Waals surface area contributed by atoms with E-state index in [1.165, 1.54) is 25.0 Å². The van der Waals surface area contributed by atoms with Crippen molar-refractivity contribution in [2.75, 3.05) is 0 Å². The van der Waals surface area contributed by atoms with Gasteiger partial charge in [0.25, 0.3) is 0 Å². The molecule has 2 atom stereocenters. The van der Waals surface area contributed by atoms with Crippen molar-refractivity contribution in [1.82, 2.24) is 5.32 Å². The van der Waals surface area contributed by atoms with E-state index in [2.05, 4.69) is 11.9 Å². The molecule has 0 radical (unpaired) electrons. The lowest BCUT2D eigenvalue weighted by atomic mass is 10.2. The summed E-state index contributed by atoms with van der Waals surface area (Å²) < 4.78 is 12.8. The van der Waals surface area contributed by atoms with Crippen molar-refractivity contribution in [3.05, 3.63) is 42.4 Å². The summed E-state index contributed by atoms with van der Waals surface area (Å²) in [7, 11) is 0. The number of halogens is 1. The van der Waals surface area contributed by atoms with Crippen LogP contribution in [0.1, 0.15) is 26.2 Å². The second-order valence-electron chi connectivity index (χ2n) is 4.63. The molecule has 1 aliphatic carbocycles. The Balaban J connectivity index is 1.85. The second kappa shape index (κ2) is 5.58. The first-order chi connectivity index (χ1) is 8.13. The normalized spacial score (nSPS) is 23.6. The monoisotopic (exact) mass is 251 g/mol. The van der Waals surface area contributed by atoms with Crippen molar-refractivity contribution >= 4 is 11.8 Å². The summed E-state index contributed by atoms with van der Waals surface area (Å²) in [6.45, 7) is 5.88. The third kappa shape index (κ3) is 3.77. The Morgan fingerprint density at radius 3 is 2.71 bits per heavy atom. The second-order valence-corrected chi connectivity index (χ2v) is 6.00. The van der Waals surface area contributed by atoms with E-state index in [0.717, 1.165) is 17.0 Å². The molecule has 1 aliphatic rings. The average molecular weight is 251 g/mol. The van der Waals surface area contributed by atoms with Crippen LogP contribution in [0.3, 0.4) is 0 Å². The summed E-state index contributed by atoms with van der Waals surface area (Å²) in [6.07, 6.45) is 3.58. The van der Waals surface area contributed by atoms with Gasteiger partial charge in [-0.2, -0.15) is 0 Å². The van der Waals surface area contributed by atoms with E-state index >= 15 is 0 Å². The minimum Gasteiger partial charge on any atom is -0.386 e. The van der Waals surface area contributed by atoms with E-state index in [1.54, 1.807) is 0 Å². The first-order valence-corrected chi connectivity index (χ1v) is 6.86. The van der Waals surface area contributed by atoms with Crippen LogP contribution in [-0.4, -0.2) is 11.3 Å². The predicted octanol–water partition coefficient (Wildman–Crippen LogP) is 3.96. The van der Waals surface area contributed by atoms with Gasteiger partial charge in [-0.05, 0) is 50.5 Å². The summed E-state index contributed by atoms with van der Waals surface area (Å²) >= 11 is 1.85. The fourth-order valence-electron chi connectivity index (χ4n) is 2.23. The molecule has 0 heterocycles. The lowest BCUT2D eigenvalue weighted by Gasteiger charge is -2.14. The van der Waals surface area contributed by atoms with E-state index in [9.17, 15) is 4.39 Å². The van der Waals surface area contributed by atoms with Crippen molar-refractivity contribution in [2.24, 2.45) is 0 Å². The van der Waals surface area contributed by atoms with Gasteiger partial charge in [0.15, 0.2) is 0 Å². The summed E-state index contributed by atoms with van der Waals surface area (Å²) in [5.41, 5.74) is 1.04. The van der Waals surface area contributed by atoms with Crippen LogP contribution in [0.2, 0.25) is 0 Å². The maximum Gasteiger partial charge on any atom is 0.123 e. The van der Waals surface area contributed by atoms with Crippen LogP contribution in [0.25, 0.3) is 0 Å². The highest BCUT2D eigenvalue weighted by Gasteiger charge is 2.24. The lowest BCUT2D eigenvalue weighted by molar-refractivity contribution is 0.587. The molecule has 0 bridgehead atoms. The Hall–Kier alpha value is -0.960. The Morgan fingerprint density at radius 1 is 1.35 bits per heavy atom. The Kier molecular flexibility index (Phi) is 4.11. The smallest absolute Gasteiger partial charge is 0.123 e. The molecule has 1 nitrogen and oxygen atoms in total. The molecule has 1 aromatic carbocycles. The van der Waals surface area contributed by atoms with Gasteiger partial charge in [0.2, 0.25) is 0 Å². The van der Waals surface area contributed by atoms with Gasteiger partial charge in [-0.15, -0.1) is 11.8 Å². The molecule has 2 unspecified atom stereocenters. The van der Waals surface area contributed by atoms with Gasteiger partial charge in [-0.3, -0.25) is 0 Å². The number of hydrogen-bond acceptors (Lipinski definition) is 2.